The van der Waals surface area contributed by atoms with Crippen molar-refractivity contribution < 1.29 is 0 Å². The van der Waals surface area contributed by atoms with Gasteiger partial charge in [-0.15, -0.1) is 0 Å². The van der Waals surface area contributed by atoms with Crippen LogP contribution in [0.3, 0.4) is 0 Å². The molecule has 1 heterocycles. The molecule has 94 valence electrons. The Hall–Kier alpha value is -1.39. The van der Waals surface area contributed by atoms with Crippen molar-refractivity contribution in [2.75, 3.05) is 5.32 Å². The predicted octanol–water partition coefficient (Wildman–Crippen LogP) is 5.50. The van der Waals surface area contributed by atoms with E-state index in [2.05, 4.69) is 66.4 Å². The van der Waals surface area contributed by atoms with Crippen molar-refractivity contribution in [1.82, 2.24) is 4.98 Å². The van der Waals surface area contributed by atoms with Gasteiger partial charge in [-0.3, -0.25) is 4.98 Å². The first-order chi connectivity index (χ1) is 9.25. The molecule has 0 unspecified atom stereocenters. The van der Waals surface area contributed by atoms with Crippen LogP contribution in [0.5, 0.6) is 0 Å². The third-order valence-electron chi connectivity index (χ3n) is 2.91. The first kappa shape index (κ1) is 12.6. The molecular formula is C15H10Br2N2. The Morgan fingerprint density at radius 2 is 1.58 bits per heavy atom. The predicted molar refractivity (Wildman–Crippen MR) is 86.9 cm³/mol. The number of nitrogens with one attached hydrogen (secondary N) is 1. The molecule has 0 radical (unpaired) electrons. The van der Waals surface area contributed by atoms with E-state index in [0.717, 1.165) is 20.3 Å². The van der Waals surface area contributed by atoms with E-state index in [1.165, 1.54) is 10.8 Å². The van der Waals surface area contributed by atoms with Gasteiger partial charge in [0.2, 0.25) is 0 Å². The number of fused-ring (bicyclic) bond motifs is 1. The van der Waals surface area contributed by atoms with E-state index in [-0.39, 0.29) is 0 Å². The van der Waals surface area contributed by atoms with Gasteiger partial charge in [-0.2, -0.15) is 0 Å². The van der Waals surface area contributed by atoms with Crippen LogP contribution in [0.2, 0.25) is 0 Å². The summed E-state index contributed by atoms with van der Waals surface area (Å²) in [6, 6.07) is 14.4. The fourth-order valence-corrected chi connectivity index (χ4v) is 2.82. The zero-order chi connectivity index (χ0) is 13.2. The molecule has 2 nitrogen and oxygen atoms in total. The number of pyridine rings is 1. The highest BCUT2D eigenvalue weighted by molar-refractivity contribution is 9.11. The highest BCUT2D eigenvalue weighted by Gasteiger charge is 2.05. The lowest BCUT2D eigenvalue weighted by molar-refractivity contribution is 1.31. The summed E-state index contributed by atoms with van der Waals surface area (Å²) in [5.41, 5.74) is 2.08. The normalized spacial score (nSPS) is 10.6. The largest absolute Gasteiger partial charge is 0.354 e. The van der Waals surface area contributed by atoms with Gasteiger partial charge in [-0.05, 0) is 39.5 Å². The number of hydrogen-bond acceptors (Lipinski definition) is 2. The van der Waals surface area contributed by atoms with Gasteiger partial charge >= 0.3 is 0 Å². The molecule has 0 amide bonds. The van der Waals surface area contributed by atoms with Gasteiger partial charge in [0.25, 0.3) is 0 Å². The van der Waals surface area contributed by atoms with E-state index in [1.54, 1.807) is 12.4 Å². The molecule has 0 aliphatic carbocycles. The molecule has 0 fully saturated rings. The Morgan fingerprint density at radius 1 is 0.789 bits per heavy atom. The average molecular weight is 378 g/mol. The zero-order valence-corrected chi connectivity index (χ0v) is 13.1. The highest BCUT2D eigenvalue weighted by Crippen LogP contribution is 2.33. The molecule has 2 aromatic carbocycles. The number of hydrogen-bond donors (Lipinski definition) is 1. The average Bonchev–Trinajstić information content (AvgIpc) is 2.44. The smallest absolute Gasteiger partial charge is 0.0593 e. The van der Waals surface area contributed by atoms with E-state index in [4.69, 9.17) is 0 Å². The second-order valence-electron chi connectivity index (χ2n) is 4.12. The third-order valence-corrected chi connectivity index (χ3v) is 4.24. The van der Waals surface area contributed by atoms with Crippen molar-refractivity contribution in [3.63, 3.8) is 0 Å². The maximum Gasteiger partial charge on any atom is 0.0593 e. The van der Waals surface area contributed by atoms with Gasteiger partial charge < -0.3 is 5.32 Å². The molecule has 0 aliphatic heterocycles. The molecule has 0 atom stereocenters. The molecule has 0 spiro atoms. The molecular weight excluding hydrogens is 368 g/mol. The quantitative estimate of drug-likeness (QED) is 0.637. The van der Waals surface area contributed by atoms with Crippen molar-refractivity contribution in [2.45, 2.75) is 0 Å². The van der Waals surface area contributed by atoms with Gasteiger partial charge in [-0.1, -0.05) is 40.2 Å². The number of anilines is 2. The Morgan fingerprint density at radius 3 is 2.37 bits per heavy atom. The second kappa shape index (κ2) is 5.31. The Bertz CT molecular complexity index is 741. The summed E-state index contributed by atoms with van der Waals surface area (Å²) in [7, 11) is 0. The van der Waals surface area contributed by atoms with Crippen LogP contribution in [-0.4, -0.2) is 4.98 Å². The first-order valence-corrected chi connectivity index (χ1v) is 7.38. The molecule has 19 heavy (non-hydrogen) atoms. The van der Waals surface area contributed by atoms with Crippen LogP contribution in [0.25, 0.3) is 10.8 Å². The number of rotatable bonds is 2. The van der Waals surface area contributed by atoms with Gasteiger partial charge in [0.15, 0.2) is 0 Å². The molecule has 1 aromatic heterocycles. The maximum atomic E-state index is 4.07. The van der Waals surface area contributed by atoms with Crippen LogP contribution in [-0.2, 0) is 0 Å². The number of aromatic nitrogens is 1. The van der Waals surface area contributed by atoms with Crippen LogP contribution < -0.4 is 5.32 Å². The van der Waals surface area contributed by atoms with Crippen molar-refractivity contribution in [3.05, 3.63) is 63.8 Å². The zero-order valence-electron chi connectivity index (χ0n) is 9.90. The summed E-state index contributed by atoms with van der Waals surface area (Å²) in [6.07, 6.45) is 3.55. The monoisotopic (exact) mass is 376 g/mol. The lowest BCUT2D eigenvalue weighted by atomic mass is 10.1. The molecule has 0 bridgehead atoms. The fourth-order valence-electron chi connectivity index (χ4n) is 1.99. The topological polar surface area (TPSA) is 24.9 Å². The maximum absolute atomic E-state index is 4.07. The summed E-state index contributed by atoms with van der Waals surface area (Å²) in [5, 5.41) is 5.81. The number of benzene rings is 2. The summed E-state index contributed by atoms with van der Waals surface area (Å²) in [6.45, 7) is 0. The summed E-state index contributed by atoms with van der Waals surface area (Å²) < 4.78 is 2.05. The van der Waals surface area contributed by atoms with Crippen LogP contribution >= 0.6 is 31.9 Å². The molecule has 3 rings (SSSR count). The molecule has 0 saturated heterocycles. The lowest BCUT2D eigenvalue weighted by Crippen LogP contribution is -1.93. The van der Waals surface area contributed by atoms with E-state index >= 15 is 0 Å². The molecule has 4 heteroatoms. The van der Waals surface area contributed by atoms with Crippen molar-refractivity contribution in [2.24, 2.45) is 0 Å². The van der Waals surface area contributed by atoms with Crippen molar-refractivity contribution in [1.29, 1.82) is 0 Å². The minimum atomic E-state index is 0.946. The SMILES string of the molecule is Brc1cnccc1Nc1ccc(Br)c2ccccc12. The standard InChI is InChI=1S/C15H10Br2N2/c16-12-5-6-14(11-4-2-1-3-10(11)12)19-15-7-8-18-9-13(15)17/h1-9H,(H,18,19). The molecule has 1 N–H and O–H groups in total. The van der Waals surface area contributed by atoms with Gasteiger partial charge in [0.1, 0.15) is 0 Å². The van der Waals surface area contributed by atoms with Gasteiger partial charge in [-0.25, -0.2) is 0 Å². The minimum absolute atomic E-state index is 0.946. The molecule has 0 aliphatic rings. The van der Waals surface area contributed by atoms with Crippen LogP contribution in [0.4, 0.5) is 11.4 Å². The third kappa shape index (κ3) is 2.51. The summed E-state index contributed by atoms with van der Waals surface area (Å²) in [5.74, 6) is 0. The summed E-state index contributed by atoms with van der Waals surface area (Å²) in [4.78, 5) is 4.07. The molecule has 0 saturated carbocycles. The van der Waals surface area contributed by atoms with Crippen LogP contribution in [0.1, 0.15) is 0 Å². The van der Waals surface area contributed by atoms with Crippen LogP contribution in [0.15, 0.2) is 63.8 Å². The van der Waals surface area contributed by atoms with Crippen LogP contribution in [0, 0.1) is 0 Å². The van der Waals surface area contributed by atoms with E-state index < -0.39 is 0 Å². The highest BCUT2D eigenvalue weighted by atomic mass is 79.9. The van der Waals surface area contributed by atoms with Gasteiger partial charge in [0, 0.05) is 27.9 Å². The lowest BCUT2D eigenvalue weighted by Gasteiger charge is -2.12. The Balaban J connectivity index is 2.12. The van der Waals surface area contributed by atoms with Gasteiger partial charge in [0.05, 0.1) is 10.2 Å². The van der Waals surface area contributed by atoms with Crippen molar-refractivity contribution >= 4 is 54.0 Å². The minimum Gasteiger partial charge on any atom is -0.354 e. The number of halogens is 2. The van der Waals surface area contributed by atoms with E-state index in [1.807, 2.05) is 18.2 Å². The first-order valence-electron chi connectivity index (χ1n) is 5.79. The van der Waals surface area contributed by atoms with E-state index in [9.17, 15) is 0 Å². The summed E-state index contributed by atoms with van der Waals surface area (Å²) >= 11 is 7.08. The van der Waals surface area contributed by atoms with E-state index in [0.29, 0.717) is 0 Å². The fraction of sp³-hybridized carbons (Fsp3) is 0. The Kier molecular flexibility index (Phi) is 3.53. The second-order valence-corrected chi connectivity index (χ2v) is 5.83. The Labute approximate surface area is 128 Å². The van der Waals surface area contributed by atoms with Crippen molar-refractivity contribution in [3.8, 4) is 0 Å². The number of nitrogens with zero attached hydrogens (tertiary/aromatic N) is 1. The molecule has 3 aromatic rings.